The van der Waals surface area contributed by atoms with Crippen LogP contribution < -0.4 is 0 Å². The topological polar surface area (TPSA) is 0 Å². The highest BCUT2D eigenvalue weighted by atomic mass is 32.2. The third kappa shape index (κ3) is 2.70. The molecule has 1 aromatic carbocycles. The quantitative estimate of drug-likeness (QED) is 0.589. The number of rotatable bonds is 4. The second-order valence-electron chi connectivity index (χ2n) is 2.85. The fourth-order valence-electron chi connectivity index (χ4n) is 1.43. The van der Waals surface area contributed by atoms with Crippen LogP contribution in [-0.4, -0.2) is 25.0 Å². The van der Waals surface area contributed by atoms with Crippen molar-refractivity contribution in [3.63, 3.8) is 0 Å². The molecule has 0 nitrogen and oxygen atoms in total. The van der Waals surface area contributed by atoms with Crippen molar-refractivity contribution in [1.29, 1.82) is 0 Å². The second kappa shape index (κ2) is 6.80. The van der Waals surface area contributed by atoms with E-state index in [1.165, 1.54) is 19.6 Å². The average molecular weight is 286 g/mol. The molecular formula is C12H13S4. The standard InChI is InChI=1S/C12H13S4/c1-6-8-7-9(13-2)11(15-4)12(16-5)10(8)14-3/h7H,2-5H3. The molecule has 0 fully saturated rings. The Morgan fingerprint density at radius 1 is 0.875 bits per heavy atom. The zero-order chi connectivity index (χ0) is 12.1. The lowest BCUT2D eigenvalue weighted by Crippen LogP contribution is -1.91. The van der Waals surface area contributed by atoms with Crippen LogP contribution in [-0.2, 0) is 0 Å². The van der Waals surface area contributed by atoms with Crippen LogP contribution in [0, 0.1) is 12.3 Å². The van der Waals surface area contributed by atoms with E-state index in [1.54, 1.807) is 47.0 Å². The molecule has 0 aromatic heterocycles. The molecule has 4 heteroatoms. The minimum Gasteiger partial charge on any atom is -0.128 e. The van der Waals surface area contributed by atoms with Crippen LogP contribution >= 0.6 is 47.0 Å². The Labute approximate surface area is 115 Å². The van der Waals surface area contributed by atoms with Gasteiger partial charge in [-0.3, -0.25) is 0 Å². The van der Waals surface area contributed by atoms with E-state index in [4.69, 9.17) is 6.42 Å². The van der Waals surface area contributed by atoms with Gasteiger partial charge >= 0.3 is 0 Å². The molecule has 0 N–H and O–H groups in total. The first kappa shape index (κ1) is 14.2. The van der Waals surface area contributed by atoms with E-state index in [1.807, 2.05) is 0 Å². The summed E-state index contributed by atoms with van der Waals surface area (Å²) in [5.74, 6) is 2.54. The molecule has 16 heavy (non-hydrogen) atoms. The van der Waals surface area contributed by atoms with Gasteiger partial charge in [-0.25, -0.2) is 0 Å². The van der Waals surface area contributed by atoms with Crippen LogP contribution in [0.25, 0.3) is 0 Å². The minimum absolute atomic E-state index is 0.902. The summed E-state index contributed by atoms with van der Waals surface area (Å²) >= 11 is 6.95. The van der Waals surface area contributed by atoms with Gasteiger partial charge in [0, 0.05) is 25.1 Å². The molecule has 85 valence electrons. The molecule has 1 rings (SSSR count). The van der Waals surface area contributed by atoms with Crippen molar-refractivity contribution in [2.45, 2.75) is 19.6 Å². The Morgan fingerprint density at radius 2 is 1.44 bits per heavy atom. The minimum atomic E-state index is 0.902. The van der Waals surface area contributed by atoms with Crippen molar-refractivity contribution in [3.05, 3.63) is 18.1 Å². The van der Waals surface area contributed by atoms with Gasteiger partial charge in [-0.2, -0.15) is 0 Å². The number of benzene rings is 1. The van der Waals surface area contributed by atoms with Crippen LogP contribution in [0.2, 0.25) is 0 Å². The van der Waals surface area contributed by atoms with Gasteiger partial charge in [-0.15, -0.1) is 47.0 Å². The fraction of sp³-hybridized carbons (Fsp3) is 0.333. The molecular weight excluding hydrogens is 272 g/mol. The first-order chi connectivity index (χ1) is 7.73. The van der Waals surface area contributed by atoms with E-state index in [0.717, 1.165) is 5.56 Å². The molecule has 1 aromatic rings. The summed E-state index contributed by atoms with van der Waals surface area (Å²) < 4.78 is 0. The Kier molecular flexibility index (Phi) is 6.06. The first-order valence-electron chi connectivity index (χ1n) is 4.53. The van der Waals surface area contributed by atoms with Crippen molar-refractivity contribution in [1.82, 2.24) is 0 Å². The molecule has 0 amide bonds. The van der Waals surface area contributed by atoms with Gasteiger partial charge in [0.2, 0.25) is 0 Å². The Bertz CT molecular complexity index is 418. The Hall–Kier alpha value is 0.180. The highest BCUT2D eigenvalue weighted by molar-refractivity contribution is 8.04. The number of hydrogen-bond donors (Lipinski definition) is 0. The van der Waals surface area contributed by atoms with Crippen LogP contribution in [0.1, 0.15) is 5.56 Å². The zero-order valence-corrected chi connectivity index (χ0v) is 13.0. The summed E-state index contributed by atoms with van der Waals surface area (Å²) in [5, 5.41) is 0. The molecule has 0 aliphatic rings. The average Bonchev–Trinajstić information content (AvgIpc) is 2.35. The van der Waals surface area contributed by atoms with Crippen molar-refractivity contribution in [2.24, 2.45) is 0 Å². The van der Waals surface area contributed by atoms with Gasteiger partial charge in [0.15, 0.2) is 0 Å². The summed E-state index contributed by atoms with van der Waals surface area (Å²) in [6, 6.07) is 2.06. The van der Waals surface area contributed by atoms with E-state index in [2.05, 4.69) is 37.0 Å². The van der Waals surface area contributed by atoms with Crippen molar-refractivity contribution < 1.29 is 0 Å². The molecule has 0 atom stereocenters. The third-order valence-corrected chi connectivity index (χ3v) is 5.75. The second-order valence-corrected chi connectivity index (χ2v) is 6.15. The van der Waals surface area contributed by atoms with Gasteiger partial charge < -0.3 is 0 Å². The molecule has 1 radical (unpaired) electrons. The fourth-order valence-corrected chi connectivity index (χ4v) is 5.33. The molecule has 0 aliphatic carbocycles. The number of hydrogen-bond acceptors (Lipinski definition) is 4. The lowest BCUT2D eigenvalue weighted by atomic mass is 10.2. The largest absolute Gasteiger partial charge is 0.128 e. The predicted octanol–water partition coefficient (Wildman–Crippen LogP) is 4.51. The van der Waals surface area contributed by atoms with E-state index in [9.17, 15) is 0 Å². The van der Waals surface area contributed by atoms with Crippen molar-refractivity contribution >= 4 is 47.0 Å². The van der Waals surface area contributed by atoms with Crippen LogP contribution in [0.15, 0.2) is 25.6 Å². The van der Waals surface area contributed by atoms with Gasteiger partial charge in [-0.1, -0.05) is 5.92 Å². The van der Waals surface area contributed by atoms with Gasteiger partial charge in [0.1, 0.15) is 0 Å². The summed E-state index contributed by atoms with van der Waals surface area (Å²) in [6.07, 6.45) is 15.7. The maximum Gasteiger partial charge on any atom is 0.0414 e. The molecule has 0 heterocycles. The Morgan fingerprint density at radius 3 is 1.81 bits per heavy atom. The first-order valence-corrected chi connectivity index (χ1v) is 9.43. The lowest BCUT2D eigenvalue weighted by Gasteiger charge is -2.15. The van der Waals surface area contributed by atoms with Crippen molar-refractivity contribution in [2.75, 3.05) is 25.0 Å². The molecule has 0 spiro atoms. The molecule has 0 bridgehead atoms. The molecule has 0 unspecified atom stereocenters. The van der Waals surface area contributed by atoms with E-state index < -0.39 is 0 Å². The van der Waals surface area contributed by atoms with Crippen LogP contribution in [0.5, 0.6) is 0 Å². The smallest absolute Gasteiger partial charge is 0.0414 e. The van der Waals surface area contributed by atoms with Crippen LogP contribution in [0.3, 0.4) is 0 Å². The normalized spacial score (nSPS) is 10.2. The maximum atomic E-state index is 7.37. The molecule has 0 saturated heterocycles. The zero-order valence-electron chi connectivity index (χ0n) is 9.71. The summed E-state index contributed by atoms with van der Waals surface area (Å²) in [5.41, 5.74) is 0.902. The monoisotopic (exact) mass is 285 g/mol. The lowest BCUT2D eigenvalue weighted by molar-refractivity contribution is 1.03. The predicted molar refractivity (Wildman–Crippen MR) is 79.8 cm³/mol. The molecule has 0 aliphatic heterocycles. The maximum absolute atomic E-state index is 7.37. The summed E-state index contributed by atoms with van der Waals surface area (Å²) in [6.45, 7) is 0. The highest BCUT2D eigenvalue weighted by Gasteiger charge is 2.15. The van der Waals surface area contributed by atoms with E-state index in [-0.39, 0.29) is 0 Å². The summed E-state index contributed by atoms with van der Waals surface area (Å²) in [7, 11) is 0. The third-order valence-electron chi connectivity index (χ3n) is 2.12. The summed E-state index contributed by atoms with van der Waals surface area (Å²) in [4.78, 5) is 5.01. The SMILES string of the molecule is [C]#Cc1cc(SC)c(SC)c(SC)c1SC. The van der Waals surface area contributed by atoms with Crippen molar-refractivity contribution in [3.8, 4) is 5.92 Å². The highest BCUT2D eigenvalue weighted by Crippen LogP contribution is 2.43. The molecule has 0 saturated carbocycles. The van der Waals surface area contributed by atoms with E-state index in [0.29, 0.717) is 0 Å². The van der Waals surface area contributed by atoms with Gasteiger partial charge in [0.05, 0.1) is 0 Å². The van der Waals surface area contributed by atoms with Gasteiger partial charge in [0.25, 0.3) is 0 Å². The van der Waals surface area contributed by atoms with Gasteiger partial charge in [-0.05, 0) is 37.5 Å². The Balaban J connectivity index is 3.56. The van der Waals surface area contributed by atoms with E-state index >= 15 is 0 Å². The number of thioether (sulfide) groups is 4. The van der Waals surface area contributed by atoms with Crippen LogP contribution in [0.4, 0.5) is 0 Å².